The molecule has 0 aromatic rings. The first-order chi connectivity index (χ1) is 3.18. The lowest BCUT2D eigenvalue weighted by Crippen LogP contribution is -2.14. The summed E-state index contributed by atoms with van der Waals surface area (Å²) >= 11 is 0. The highest BCUT2D eigenvalue weighted by Gasteiger charge is 1.87. The van der Waals surface area contributed by atoms with Crippen molar-refractivity contribution in [1.82, 2.24) is 0 Å². The Balaban J connectivity index is 3.14. The van der Waals surface area contributed by atoms with Crippen molar-refractivity contribution in [3.05, 3.63) is 5.92 Å². The molecule has 0 bridgehead atoms. The van der Waals surface area contributed by atoms with Gasteiger partial charge in [-0.15, -0.1) is 0 Å². The number of hydrogen-bond acceptors (Lipinski definition) is 1. The summed E-state index contributed by atoms with van der Waals surface area (Å²) in [5.41, 5.74) is 5.35. The van der Waals surface area contributed by atoms with E-state index in [2.05, 4.69) is 20.8 Å². The molecule has 0 aliphatic rings. The van der Waals surface area contributed by atoms with Crippen LogP contribution in [0.5, 0.6) is 0 Å². The first kappa shape index (κ1) is 6.96. The molecule has 0 heterocycles. The van der Waals surface area contributed by atoms with Gasteiger partial charge in [0.2, 0.25) is 0 Å². The van der Waals surface area contributed by atoms with Gasteiger partial charge in [0, 0.05) is 0 Å². The minimum Gasteiger partial charge on any atom is -0.333 e. The molecule has 0 radical (unpaired) electrons. The summed E-state index contributed by atoms with van der Waals surface area (Å²) in [6, 6.07) is 0. The van der Waals surface area contributed by atoms with Crippen LogP contribution in [0.2, 0.25) is 0 Å². The quantitative estimate of drug-likeness (QED) is 0.518. The van der Waals surface area contributed by atoms with Crippen molar-refractivity contribution < 1.29 is 0 Å². The zero-order valence-electron chi connectivity index (χ0n) is 5.36. The molecule has 0 saturated heterocycles. The molecule has 1 nitrogen and oxygen atoms in total. The lowest BCUT2D eigenvalue weighted by molar-refractivity contribution is 0.615. The van der Waals surface area contributed by atoms with Gasteiger partial charge in [0.1, 0.15) is 0 Å². The second-order valence-electron chi connectivity index (χ2n) is 2.21. The molecule has 2 N–H and O–H groups in total. The summed E-state index contributed by atoms with van der Waals surface area (Å²) in [5, 5.41) is 0. The molecule has 0 aliphatic carbocycles. The Morgan fingerprint density at radius 2 is 2.00 bits per heavy atom. The Bertz CT molecular complexity index is 41.4. The average Bonchev–Trinajstić information content (AvgIpc) is 1.65. The van der Waals surface area contributed by atoms with Crippen molar-refractivity contribution in [2.45, 2.75) is 20.8 Å². The van der Waals surface area contributed by atoms with E-state index in [1.165, 1.54) is 5.92 Å². The standard InChI is InChI=1S/C6H14N/c1-5(2)6(3)4-7/h6H,4,7H2,1-3H3/q-1. The Morgan fingerprint density at radius 3 is 2.00 bits per heavy atom. The van der Waals surface area contributed by atoms with Crippen molar-refractivity contribution in [1.29, 1.82) is 0 Å². The number of hydrogen-bond donors (Lipinski definition) is 1. The predicted octanol–water partition coefficient (Wildman–Crippen LogP) is 1.20. The molecule has 0 amide bonds. The fourth-order valence-corrected chi connectivity index (χ4v) is 0.236. The van der Waals surface area contributed by atoms with Gasteiger partial charge in [0.25, 0.3) is 0 Å². The fourth-order valence-electron chi connectivity index (χ4n) is 0.236. The summed E-state index contributed by atoms with van der Waals surface area (Å²) in [4.78, 5) is 0. The number of rotatable bonds is 2. The van der Waals surface area contributed by atoms with Gasteiger partial charge in [-0.05, 0) is 6.54 Å². The highest BCUT2D eigenvalue weighted by atomic mass is 14.5. The van der Waals surface area contributed by atoms with Crippen molar-refractivity contribution in [3.63, 3.8) is 0 Å². The van der Waals surface area contributed by atoms with Crippen molar-refractivity contribution in [2.75, 3.05) is 6.54 Å². The summed E-state index contributed by atoms with van der Waals surface area (Å²) in [6.45, 7) is 7.13. The maximum Gasteiger partial charge on any atom is -0.0321 e. The van der Waals surface area contributed by atoms with E-state index in [4.69, 9.17) is 5.73 Å². The van der Waals surface area contributed by atoms with Gasteiger partial charge in [-0.1, -0.05) is 6.92 Å². The molecule has 1 heteroatoms. The van der Waals surface area contributed by atoms with Crippen molar-refractivity contribution in [3.8, 4) is 0 Å². The largest absolute Gasteiger partial charge is 0.333 e. The summed E-state index contributed by atoms with van der Waals surface area (Å²) < 4.78 is 0. The van der Waals surface area contributed by atoms with E-state index in [0.29, 0.717) is 5.92 Å². The normalized spacial score (nSPS) is 15.0. The summed E-state index contributed by atoms with van der Waals surface area (Å²) in [5.74, 6) is 2.02. The minimum atomic E-state index is 0.597. The van der Waals surface area contributed by atoms with Crippen LogP contribution in [0.1, 0.15) is 20.8 Å². The van der Waals surface area contributed by atoms with Crippen LogP contribution in [-0.4, -0.2) is 6.54 Å². The third-order valence-electron chi connectivity index (χ3n) is 1.34. The third-order valence-corrected chi connectivity index (χ3v) is 1.34. The Morgan fingerprint density at radius 1 is 1.57 bits per heavy atom. The van der Waals surface area contributed by atoms with Crippen molar-refractivity contribution in [2.24, 2.45) is 11.7 Å². The monoisotopic (exact) mass is 100 g/mol. The smallest absolute Gasteiger partial charge is 0.0321 e. The van der Waals surface area contributed by atoms with E-state index in [9.17, 15) is 0 Å². The molecule has 0 fully saturated rings. The van der Waals surface area contributed by atoms with Crippen LogP contribution in [0.15, 0.2) is 0 Å². The van der Waals surface area contributed by atoms with Gasteiger partial charge in [-0.2, -0.15) is 19.8 Å². The summed E-state index contributed by atoms with van der Waals surface area (Å²) in [6.07, 6.45) is 0. The van der Waals surface area contributed by atoms with E-state index < -0.39 is 0 Å². The SMILES string of the molecule is C[C-](C)C(C)CN. The fraction of sp³-hybridized carbons (Fsp3) is 0.833. The maximum atomic E-state index is 5.35. The Kier molecular flexibility index (Phi) is 3.01. The van der Waals surface area contributed by atoms with E-state index in [-0.39, 0.29) is 0 Å². The minimum absolute atomic E-state index is 0.597. The molecule has 0 aromatic carbocycles. The molecule has 1 atom stereocenters. The van der Waals surface area contributed by atoms with Crippen LogP contribution in [0.4, 0.5) is 0 Å². The molecule has 0 aliphatic heterocycles. The van der Waals surface area contributed by atoms with E-state index in [1.54, 1.807) is 0 Å². The molecule has 0 saturated carbocycles. The van der Waals surface area contributed by atoms with Gasteiger partial charge in [0.15, 0.2) is 0 Å². The molecular weight excluding hydrogens is 86.1 g/mol. The Labute approximate surface area is 45.9 Å². The van der Waals surface area contributed by atoms with E-state index in [0.717, 1.165) is 6.54 Å². The van der Waals surface area contributed by atoms with Crippen LogP contribution in [0.25, 0.3) is 0 Å². The van der Waals surface area contributed by atoms with E-state index in [1.807, 2.05) is 0 Å². The van der Waals surface area contributed by atoms with Crippen LogP contribution >= 0.6 is 0 Å². The molecular formula is C6H14N-. The molecule has 1 unspecified atom stereocenters. The molecule has 44 valence electrons. The first-order valence-corrected chi connectivity index (χ1v) is 2.68. The van der Waals surface area contributed by atoms with Gasteiger partial charge in [-0.3, -0.25) is 0 Å². The zero-order chi connectivity index (χ0) is 5.86. The summed E-state index contributed by atoms with van der Waals surface area (Å²) in [7, 11) is 0. The second kappa shape index (κ2) is 3.03. The van der Waals surface area contributed by atoms with Crippen LogP contribution in [0.3, 0.4) is 0 Å². The highest BCUT2D eigenvalue weighted by Crippen LogP contribution is 2.08. The second-order valence-corrected chi connectivity index (χ2v) is 2.21. The van der Waals surface area contributed by atoms with Gasteiger partial charge >= 0.3 is 0 Å². The predicted molar refractivity (Wildman–Crippen MR) is 32.8 cm³/mol. The van der Waals surface area contributed by atoms with Gasteiger partial charge in [-0.25, -0.2) is 0 Å². The molecule has 7 heavy (non-hydrogen) atoms. The molecule has 0 rings (SSSR count). The Hall–Kier alpha value is -0.0400. The lowest BCUT2D eigenvalue weighted by Gasteiger charge is -2.25. The lowest BCUT2D eigenvalue weighted by atomic mass is 9.99. The maximum absolute atomic E-state index is 5.35. The highest BCUT2D eigenvalue weighted by molar-refractivity contribution is 4.83. The van der Waals surface area contributed by atoms with Gasteiger partial charge < -0.3 is 11.7 Å². The molecule has 0 spiro atoms. The topological polar surface area (TPSA) is 26.0 Å². The average molecular weight is 100 g/mol. The zero-order valence-corrected chi connectivity index (χ0v) is 5.36. The number of nitrogens with two attached hydrogens (primary N) is 1. The van der Waals surface area contributed by atoms with Gasteiger partial charge in [0.05, 0.1) is 0 Å². The van der Waals surface area contributed by atoms with Crippen molar-refractivity contribution >= 4 is 0 Å². The molecule has 0 aromatic heterocycles. The van der Waals surface area contributed by atoms with Crippen LogP contribution < -0.4 is 5.73 Å². The third kappa shape index (κ3) is 2.63. The van der Waals surface area contributed by atoms with Crippen LogP contribution in [0, 0.1) is 11.8 Å². The van der Waals surface area contributed by atoms with Crippen LogP contribution in [-0.2, 0) is 0 Å². The van der Waals surface area contributed by atoms with E-state index >= 15 is 0 Å². The first-order valence-electron chi connectivity index (χ1n) is 2.68.